The van der Waals surface area contributed by atoms with Crippen LogP contribution in [0.5, 0.6) is 11.5 Å². The number of fused-ring (bicyclic) bond motifs is 2. The average Bonchev–Trinajstić information content (AvgIpc) is 2.70. The third-order valence-electron chi connectivity index (χ3n) is 5.05. The molecule has 0 atom stereocenters. The SMILES string of the molecule is CN(C)CCN(C)C(=O)CNc1ccc(O)c2c1C(=O)c1c(O)ccc(N)c1C2=O. The number of amides is 1. The molecule has 9 heteroatoms. The maximum atomic E-state index is 13.1. The van der Waals surface area contributed by atoms with Gasteiger partial charge >= 0.3 is 0 Å². The molecule has 3 rings (SSSR count). The highest BCUT2D eigenvalue weighted by molar-refractivity contribution is 6.33. The Balaban J connectivity index is 1.94. The third-order valence-corrected chi connectivity index (χ3v) is 5.05. The number of nitrogens with zero attached hydrogens (tertiary/aromatic N) is 2. The number of aromatic hydroxyl groups is 2. The first-order valence-corrected chi connectivity index (χ1v) is 9.32. The smallest absolute Gasteiger partial charge is 0.241 e. The molecular formula is C21H24N4O5. The fourth-order valence-electron chi connectivity index (χ4n) is 3.32. The van der Waals surface area contributed by atoms with Crippen molar-refractivity contribution in [1.82, 2.24) is 9.80 Å². The number of nitrogens with one attached hydrogen (secondary N) is 1. The minimum atomic E-state index is -0.663. The predicted molar refractivity (Wildman–Crippen MR) is 112 cm³/mol. The van der Waals surface area contributed by atoms with E-state index in [1.54, 1.807) is 11.9 Å². The maximum Gasteiger partial charge on any atom is 0.241 e. The highest BCUT2D eigenvalue weighted by Crippen LogP contribution is 2.41. The zero-order chi connectivity index (χ0) is 22.2. The number of phenols is 2. The highest BCUT2D eigenvalue weighted by Gasteiger charge is 2.37. The Morgan fingerprint density at radius 1 is 0.900 bits per heavy atom. The number of phenolic OH excluding ortho intramolecular Hbond substituents is 2. The maximum absolute atomic E-state index is 13.1. The Morgan fingerprint density at radius 3 is 2.10 bits per heavy atom. The highest BCUT2D eigenvalue weighted by atomic mass is 16.3. The van der Waals surface area contributed by atoms with Crippen molar-refractivity contribution in [3.05, 3.63) is 46.5 Å². The Morgan fingerprint density at radius 2 is 1.47 bits per heavy atom. The van der Waals surface area contributed by atoms with Crippen LogP contribution >= 0.6 is 0 Å². The Labute approximate surface area is 173 Å². The van der Waals surface area contributed by atoms with Gasteiger partial charge in [-0.15, -0.1) is 0 Å². The number of carbonyl (C=O) groups excluding carboxylic acids is 3. The van der Waals surface area contributed by atoms with Crippen LogP contribution < -0.4 is 11.1 Å². The monoisotopic (exact) mass is 412 g/mol. The van der Waals surface area contributed by atoms with E-state index in [-0.39, 0.29) is 57.6 Å². The van der Waals surface area contributed by atoms with Crippen LogP contribution in [0.2, 0.25) is 0 Å². The number of benzene rings is 2. The molecule has 5 N–H and O–H groups in total. The topological polar surface area (TPSA) is 136 Å². The number of nitrogens with two attached hydrogens (primary N) is 1. The van der Waals surface area contributed by atoms with Crippen molar-refractivity contribution in [2.24, 2.45) is 0 Å². The number of carbonyl (C=O) groups is 3. The lowest BCUT2D eigenvalue weighted by Crippen LogP contribution is -2.37. The molecule has 0 heterocycles. The first-order valence-electron chi connectivity index (χ1n) is 9.32. The number of anilines is 2. The van der Waals surface area contributed by atoms with Gasteiger partial charge in [-0.25, -0.2) is 0 Å². The van der Waals surface area contributed by atoms with E-state index in [2.05, 4.69) is 5.32 Å². The van der Waals surface area contributed by atoms with E-state index >= 15 is 0 Å². The van der Waals surface area contributed by atoms with Crippen LogP contribution in [0.25, 0.3) is 0 Å². The summed E-state index contributed by atoms with van der Waals surface area (Å²) in [6, 6.07) is 5.26. The average molecular weight is 412 g/mol. The van der Waals surface area contributed by atoms with Gasteiger partial charge in [0.1, 0.15) is 11.5 Å². The first-order chi connectivity index (χ1) is 14.1. The van der Waals surface area contributed by atoms with Gasteiger partial charge in [0.05, 0.1) is 28.8 Å². The first kappa shape index (κ1) is 21.1. The molecule has 0 aliphatic heterocycles. The van der Waals surface area contributed by atoms with Crippen LogP contribution in [0, 0.1) is 0 Å². The van der Waals surface area contributed by atoms with E-state index in [1.165, 1.54) is 24.3 Å². The molecular weight excluding hydrogens is 388 g/mol. The molecule has 2 aromatic carbocycles. The molecule has 0 bridgehead atoms. The van der Waals surface area contributed by atoms with E-state index in [4.69, 9.17) is 5.73 Å². The Kier molecular flexibility index (Phi) is 5.66. The molecule has 0 fully saturated rings. The van der Waals surface area contributed by atoms with Crippen LogP contribution in [0.15, 0.2) is 24.3 Å². The van der Waals surface area contributed by atoms with E-state index < -0.39 is 11.6 Å². The fourth-order valence-corrected chi connectivity index (χ4v) is 3.32. The van der Waals surface area contributed by atoms with Crippen molar-refractivity contribution in [2.45, 2.75) is 0 Å². The van der Waals surface area contributed by atoms with Crippen molar-refractivity contribution >= 4 is 28.8 Å². The molecule has 1 aliphatic rings. The molecule has 1 aliphatic carbocycles. The number of rotatable bonds is 6. The molecule has 0 aromatic heterocycles. The van der Waals surface area contributed by atoms with E-state index in [9.17, 15) is 24.6 Å². The number of hydrogen-bond acceptors (Lipinski definition) is 8. The van der Waals surface area contributed by atoms with Gasteiger partial charge in [0.15, 0.2) is 0 Å². The van der Waals surface area contributed by atoms with Crippen molar-refractivity contribution in [3.8, 4) is 11.5 Å². The van der Waals surface area contributed by atoms with Crippen LogP contribution in [-0.2, 0) is 4.79 Å². The van der Waals surface area contributed by atoms with Crippen molar-refractivity contribution in [3.63, 3.8) is 0 Å². The summed E-state index contributed by atoms with van der Waals surface area (Å²) in [5.41, 5.74) is 5.44. The minimum Gasteiger partial charge on any atom is -0.507 e. The lowest BCUT2D eigenvalue weighted by atomic mass is 9.81. The number of likely N-dealkylation sites (N-methyl/N-ethyl adjacent to an activating group) is 2. The van der Waals surface area contributed by atoms with Crippen LogP contribution in [-0.4, -0.2) is 78.3 Å². The van der Waals surface area contributed by atoms with E-state index in [0.29, 0.717) is 13.1 Å². The number of nitrogen functional groups attached to an aromatic ring is 1. The number of hydrogen-bond donors (Lipinski definition) is 4. The fraction of sp³-hybridized carbons (Fsp3) is 0.286. The summed E-state index contributed by atoms with van der Waals surface area (Å²) in [5, 5.41) is 23.3. The van der Waals surface area contributed by atoms with Gasteiger partial charge in [0.25, 0.3) is 0 Å². The molecule has 30 heavy (non-hydrogen) atoms. The Bertz CT molecular complexity index is 1050. The van der Waals surface area contributed by atoms with Crippen LogP contribution in [0.1, 0.15) is 31.8 Å². The zero-order valence-corrected chi connectivity index (χ0v) is 17.0. The third kappa shape index (κ3) is 3.67. The second-order valence-corrected chi connectivity index (χ2v) is 7.44. The summed E-state index contributed by atoms with van der Waals surface area (Å²) >= 11 is 0. The number of ketones is 2. The molecule has 158 valence electrons. The Hall–Kier alpha value is -3.59. The molecule has 9 nitrogen and oxygen atoms in total. The summed E-state index contributed by atoms with van der Waals surface area (Å²) in [5.74, 6) is -2.28. The largest absolute Gasteiger partial charge is 0.507 e. The summed E-state index contributed by atoms with van der Waals surface area (Å²) in [6.45, 7) is 1.11. The van der Waals surface area contributed by atoms with Crippen LogP contribution in [0.4, 0.5) is 11.4 Å². The normalized spacial score (nSPS) is 12.5. The molecule has 0 spiro atoms. The quantitative estimate of drug-likeness (QED) is 0.346. The second-order valence-electron chi connectivity index (χ2n) is 7.44. The van der Waals surface area contributed by atoms with Gasteiger partial charge in [-0.1, -0.05) is 0 Å². The van der Waals surface area contributed by atoms with Gasteiger partial charge in [0, 0.05) is 31.5 Å². The van der Waals surface area contributed by atoms with E-state index in [1.807, 2.05) is 19.0 Å². The van der Waals surface area contributed by atoms with Gasteiger partial charge in [-0.3, -0.25) is 14.4 Å². The summed E-state index contributed by atoms with van der Waals surface area (Å²) in [6.07, 6.45) is 0. The lowest BCUT2D eigenvalue weighted by Gasteiger charge is -2.24. The second kappa shape index (κ2) is 8.03. The lowest BCUT2D eigenvalue weighted by molar-refractivity contribution is -0.128. The van der Waals surface area contributed by atoms with Gasteiger partial charge in [-0.2, -0.15) is 0 Å². The summed E-state index contributed by atoms with van der Waals surface area (Å²) in [7, 11) is 5.48. The molecule has 0 unspecified atom stereocenters. The molecule has 2 aromatic rings. The molecule has 0 saturated heterocycles. The minimum absolute atomic E-state index is 0.0299. The standard InChI is InChI=1S/C21H24N4O5/c1-24(2)8-9-25(3)15(28)10-23-12-5-7-14(27)19-17(12)21(30)18-13(26)6-4-11(22)16(18)20(19)29/h4-7,23,26-27H,8-10,22H2,1-3H3. The molecule has 0 saturated carbocycles. The van der Waals surface area contributed by atoms with Crippen molar-refractivity contribution < 1.29 is 24.6 Å². The predicted octanol–water partition coefficient (Wildman–Crippen LogP) is 0.887. The van der Waals surface area contributed by atoms with Crippen LogP contribution in [0.3, 0.4) is 0 Å². The zero-order valence-electron chi connectivity index (χ0n) is 17.0. The van der Waals surface area contributed by atoms with E-state index in [0.717, 1.165) is 0 Å². The van der Waals surface area contributed by atoms with Gasteiger partial charge in [0.2, 0.25) is 17.5 Å². The summed E-state index contributed by atoms with van der Waals surface area (Å²) < 4.78 is 0. The van der Waals surface area contributed by atoms with Gasteiger partial charge in [-0.05, 0) is 38.4 Å². The van der Waals surface area contributed by atoms with Crippen molar-refractivity contribution in [1.29, 1.82) is 0 Å². The molecule has 1 amide bonds. The summed E-state index contributed by atoms with van der Waals surface area (Å²) in [4.78, 5) is 42.0. The van der Waals surface area contributed by atoms with Gasteiger partial charge < -0.3 is 31.1 Å². The molecule has 0 radical (unpaired) electrons. The van der Waals surface area contributed by atoms with Crippen molar-refractivity contribution in [2.75, 3.05) is 51.8 Å².